The molecule has 0 bridgehead atoms. The molecule has 2 aliphatic heterocycles. The van der Waals surface area contributed by atoms with Gasteiger partial charge in [-0.05, 0) is 56.0 Å². The normalized spacial score (nSPS) is 19.1. The van der Waals surface area contributed by atoms with Crippen molar-refractivity contribution in [3.63, 3.8) is 0 Å². The number of carbonyl (C=O) groups is 1. The molecule has 28 heavy (non-hydrogen) atoms. The monoisotopic (exact) mass is 382 g/mol. The molecule has 2 aliphatic rings. The Hall–Kier alpha value is -2.11. The van der Waals surface area contributed by atoms with E-state index in [4.69, 9.17) is 9.15 Å². The molecule has 0 aliphatic carbocycles. The molecule has 5 nitrogen and oxygen atoms in total. The van der Waals surface area contributed by atoms with Crippen molar-refractivity contribution in [3.8, 4) is 11.3 Å². The van der Waals surface area contributed by atoms with Gasteiger partial charge in [0.15, 0.2) is 0 Å². The number of carbonyl (C=O) groups excluding carboxylic acids is 1. The molecule has 1 aromatic heterocycles. The molecule has 0 N–H and O–H groups in total. The molecule has 0 radical (unpaired) electrons. The first-order valence-electron chi connectivity index (χ1n) is 10.5. The second kappa shape index (κ2) is 9.39. The minimum atomic E-state index is 0.304. The van der Waals surface area contributed by atoms with Gasteiger partial charge in [0.2, 0.25) is 5.91 Å². The van der Waals surface area contributed by atoms with Crippen LogP contribution in [0.15, 0.2) is 47.1 Å². The summed E-state index contributed by atoms with van der Waals surface area (Å²) in [5.74, 6) is 1.91. The van der Waals surface area contributed by atoms with E-state index in [-0.39, 0.29) is 0 Å². The lowest BCUT2D eigenvalue weighted by Crippen LogP contribution is -2.41. The average Bonchev–Trinajstić information content (AvgIpc) is 3.29. The average molecular weight is 383 g/mol. The van der Waals surface area contributed by atoms with Crippen LogP contribution in [-0.2, 0) is 16.1 Å². The molecule has 1 aromatic carbocycles. The Morgan fingerprint density at radius 1 is 1.00 bits per heavy atom. The minimum absolute atomic E-state index is 0.304. The largest absolute Gasteiger partial charge is 0.464 e. The van der Waals surface area contributed by atoms with E-state index in [1.807, 2.05) is 17.0 Å². The fourth-order valence-corrected chi connectivity index (χ4v) is 4.30. The van der Waals surface area contributed by atoms with Crippen LogP contribution in [-0.4, -0.2) is 55.1 Å². The molecular weight excluding hydrogens is 352 g/mol. The predicted octanol–water partition coefficient (Wildman–Crippen LogP) is 3.80. The fraction of sp³-hybridized carbons (Fsp3) is 0.522. The zero-order valence-electron chi connectivity index (χ0n) is 16.5. The third kappa shape index (κ3) is 4.83. The van der Waals surface area contributed by atoms with Crippen LogP contribution in [0.1, 0.15) is 31.2 Å². The van der Waals surface area contributed by atoms with Crippen molar-refractivity contribution >= 4 is 5.91 Å². The second-order valence-electron chi connectivity index (χ2n) is 7.89. The molecule has 0 atom stereocenters. The lowest BCUT2D eigenvalue weighted by molar-refractivity contribution is -0.135. The quantitative estimate of drug-likeness (QED) is 0.762. The number of benzene rings is 1. The van der Waals surface area contributed by atoms with Crippen LogP contribution in [0.3, 0.4) is 0 Å². The summed E-state index contributed by atoms with van der Waals surface area (Å²) in [4.78, 5) is 16.8. The van der Waals surface area contributed by atoms with E-state index in [0.29, 0.717) is 31.5 Å². The van der Waals surface area contributed by atoms with E-state index in [0.717, 1.165) is 44.9 Å². The first kappa shape index (κ1) is 19.2. The number of ether oxygens (including phenoxy) is 1. The van der Waals surface area contributed by atoms with Crippen molar-refractivity contribution in [3.05, 3.63) is 48.2 Å². The Kier molecular flexibility index (Phi) is 6.45. The third-order valence-electron chi connectivity index (χ3n) is 6.04. The number of amides is 1. The molecular formula is C23H30N2O3. The Labute approximate surface area is 167 Å². The van der Waals surface area contributed by atoms with Gasteiger partial charge in [-0.1, -0.05) is 24.3 Å². The number of likely N-dealkylation sites (tertiary alicyclic amines) is 1. The maximum Gasteiger partial charge on any atom is 0.222 e. The van der Waals surface area contributed by atoms with Crippen LogP contribution < -0.4 is 0 Å². The number of furan rings is 1. The van der Waals surface area contributed by atoms with Crippen LogP contribution in [0, 0.1) is 5.92 Å². The first-order chi connectivity index (χ1) is 13.8. The summed E-state index contributed by atoms with van der Waals surface area (Å²) in [5.41, 5.74) is 2.50. The Morgan fingerprint density at radius 3 is 2.54 bits per heavy atom. The summed E-state index contributed by atoms with van der Waals surface area (Å²) >= 11 is 0. The zero-order chi connectivity index (χ0) is 19.2. The molecule has 2 saturated heterocycles. The van der Waals surface area contributed by atoms with Crippen LogP contribution in [0.5, 0.6) is 0 Å². The summed E-state index contributed by atoms with van der Waals surface area (Å²) in [7, 11) is 0. The molecule has 2 fully saturated rings. The van der Waals surface area contributed by atoms with E-state index < -0.39 is 0 Å². The Bertz CT molecular complexity index is 745. The van der Waals surface area contributed by atoms with Gasteiger partial charge in [-0.2, -0.15) is 0 Å². The molecule has 5 heteroatoms. The summed E-state index contributed by atoms with van der Waals surface area (Å²) in [6.45, 7) is 6.04. The van der Waals surface area contributed by atoms with Gasteiger partial charge in [0.05, 0.1) is 19.5 Å². The van der Waals surface area contributed by atoms with Crippen molar-refractivity contribution in [1.82, 2.24) is 9.80 Å². The van der Waals surface area contributed by atoms with E-state index in [1.165, 1.54) is 24.0 Å². The van der Waals surface area contributed by atoms with Crippen molar-refractivity contribution < 1.29 is 13.9 Å². The van der Waals surface area contributed by atoms with Gasteiger partial charge in [0.25, 0.3) is 0 Å². The van der Waals surface area contributed by atoms with Crippen molar-refractivity contribution in [2.45, 2.75) is 32.2 Å². The maximum atomic E-state index is 12.3. The van der Waals surface area contributed by atoms with Crippen LogP contribution in [0.2, 0.25) is 0 Å². The molecule has 2 aromatic rings. The molecule has 1 amide bonds. The number of morpholine rings is 1. The number of nitrogens with zero attached hydrogens (tertiary/aromatic N) is 2. The summed E-state index contributed by atoms with van der Waals surface area (Å²) in [6.07, 6.45) is 5.80. The highest BCUT2D eigenvalue weighted by molar-refractivity contribution is 5.76. The minimum Gasteiger partial charge on any atom is -0.464 e. The zero-order valence-corrected chi connectivity index (χ0v) is 16.5. The predicted molar refractivity (Wildman–Crippen MR) is 109 cm³/mol. The van der Waals surface area contributed by atoms with Gasteiger partial charge < -0.3 is 14.1 Å². The number of hydrogen-bond donors (Lipinski definition) is 0. The highest BCUT2D eigenvalue weighted by Crippen LogP contribution is 2.28. The van der Waals surface area contributed by atoms with E-state index in [9.17, 15) is 4.79 Å². The summed E-state index contributed by atoms with van der Waals surface area (Å²) in [6, 6.07) is 12.5. The molecule has 3 heterocycles. The topological polar surface area (TPSA) is 45.9 Å². The number of hydrogen-bond acceptors (Lipinski definition) is 4. The van der Waals surface area contributed by atoms with Gasteiger partial charge in [0.1, 0.15) is 5.76 Å². The molecule has 0 saturated carbocycles. The van der Waals surface area contributed by atoms with Gasteiger partial charge in [-0.3, -0.25) is 9.69 Å². The number of rotatable bonds is 6. The second-order valence-corrected chi connectivity index (χ2v) is 7.89. The lowest BCUT2D eigenvalue weighted by atomic mass is 9.91. The third-order valence-corrected chi connectivity index (χ3v) is 6.04. The highest BCUT2D eigenvalue weighted by Gasteiger charge is 2.23. The van der Waals surface area contributed by atoms with Crippen LogP contribution >= 0.6 is 0 Å². The highest BCUT2D eigenvalue weighted by atomic mass is 16.5. The van der Waals surface area contributed by atoms with Crippen LogP contribution in [0.4, 0.5) is 0 Å². The van der Waals surface area contributed by atoms with Gasteiger partial charge in [-0.15, -0.1) is 0 Å². The Morgan fingerprint density at radius 2 is 1.79 bits per heavy atom. The van der Waals surface area contributed by atoms with Crippen molar-refractivity contribution in [2.75, 3.05) is 39.4 Å². The van der Waals surface area contributed by atoms with Gasteiger partial charge in [0, 0.05) is 31.6 Å². The van der Waals surface area contributed by atoms with Crippen molar-refractivity contribution in [1.29, 1.82) is 0 Å². The van der Waals surface area contributed by atoms with Crippen molar-refractivity contribution in [2.24, 2.45) is 5.92 Å². The molecule has 0 spiro atoms. The maximum absolute atomic E-state index is 12.3. The molecule has 150 valence electrons. The van der Waals surface area contributed by atoms with Crippen LogP contribution in [0.25, 0.3) is 11.3 Å². The standard InChI is InChI=1S/C23H30N2O3/c26-23(25-13-16-27-17-14-25)8-7-19-9-11-24(12-10-19)18-20-4-1-2-5-21(20)22-6-3-15-28-22/h1-6,15,19H,7-14,16-18H2. The van der Waals surface area contributed by atoms with E-state index in [1.54, 1.807) is 6.26 Å². The molecule has 0 unspecified atom stereocenters. The fourth-order valence-electron chi connectivity index (χ4n) is 4.30. The SMILES string of the molecule is O=C(CCC1CCN(Cc2ccccc2-c2ccco2)CC1)N1CCOCC1. The van der Waals surface area contributed by atoms with Gasteiger partial charge in [-0.25, -0.2) is 0 Å². The summed E-state index contributed by atoms with van der Waals surface area (Å²) < 4.78 is 10.9. The number of piperidine rings is 1. The van der Waals surface area contributed by atoms with Gasteiger partial charge >= 0.3 is 0 Å². The van der Waals surface area contributed by atoms with E-state index >= 15 is 0 Å². The Balaban J connectivity index is 1.24. The lowest BCUT2D eigenvalue weighted by Gasteiger charge is -2.33. The molecule has 4 rings (SSSR count). The smallest absolute Gasteiger partial charge is 0.222 e. The van der Waals surface area contributed by atoms with E-state index in [2.05, 4.69) is 29.2 Å². The first-order valence-corrected chi connectivity index (χ1v) is 10.5. The summed E-state index contributed by atoms with van der Waals surface area (Å²) in [5, 5.41) is 0.